The molecule has 0 spiro atoms. The van der Waals surface area contributed by atoms with E-state index in [1.807, 2.05) is 19.1 Å². The molecule has 1 saturated heterocycles. The van der Waals surface area contributed by atoms with Crippen LogP contribution in [0, 0.1) is 0 Å². The third-order valence-electron chi connectivity index (χ3n) is 1.70. The normalized spacial score (nSPS) is 24.9. The van der Waals surface area contributed by atoms with Gasteiger partial charge in [-0.05, 0) is 0 Å². The Morgan fingerprint density at radius 3 is 2.44 bits per heavy atom. The lowest BCUT2D eigenvalue weighted by molar-refractivity contribution is -0.130. The Balaban J connectivity index is 2.44. The van der Waals surface area contributed by atoms with E-state index in [2.05, 4.69) is 5.01 Å². The molecule has 0 atom stereocenters. The maximum Gasteiger partial charge on any atom is 0.149 e. The van der Waals surface area contributed by atoms with Gasteiger partial charge in [0.25, 0.3) is 0 Å². The van der Waals surface area contributed by atoms with E-state index in [9.17, 15) is 4.79 Å². The molecule has 1 aliphatic rings. The molecule has 0 aromatic rings. The van der Waals surface area contributed by atoms with Crippen LogP contribution in [0.1, 0.15) is 6.42 Å². The lowest BCUT2D eigenvalue weighted by Crippen LogP contribution is -2.45. The standard InChI is InChI=1S/C6H12N2O/c1-7-4-3-6(9)5-8(7)2/h3-5H2,1-2H3. The SMILES string of the molecule is CN1CCC(=O)CN1C. The smallest absolute Gasteiger partial charge is 0.149 e. The molecule has 52 valence electrons. The van der Waals surface area contributed by atoms with Crippen LogP contribution in [0.3, 0.4) is 0 Å². The predicted molar refractivity (Wildman–Crippen MR) is 34.9 cm³/mol. The minimum atomic E-state index is 0.343. The maximum atomic E-state index is 10.8. The van der Waals surface area contributed by atoms with Crippen LogP contribution in [0.15, 0.2) is 0 Å². The molecule has 0 amide bonds. The monoisotopic (exact) mass is 128 g/mol. The average molecular weight is 128 g/mol. The number of carbonyl (C=O) groups is 1. The quantitative estimate of drug-likeness (QED) is 0.449. The Labute approximate surface area is 55.2 Å². The third kappa shape index (κ3) is 1.50. The Bertz CT molecular complexity index is 124. The molecule has 0 aromatic heterocycles. The van der Waals surface area contributed by atoms with Gasteiger partial charge in [-0.1, -0.05) is 0 Å². The number of hydrogen-bond acceptors (Lipinski definition) is 3. The molecule has 0 aliphatic carbocycles. The van der Waals surface area contributed by atoms with E-state index in [1.165, 1.54) is 0 Å². The number of hydrazine groups is 1. The first-order valence-corrected chi connectivity index (χ1v) is 3.14. The van der Waals surface area contributed by atoms with Crippen LogP contribution in [0.25, 0.3) is 0 Å². The zero-order chi connectivity index (χ0) is 6.85. The van der Waals surface area contributed by atoms with E-state index in [1.54, 1.807) is 0 Å². The summed E-state index contributed by atoms with van der Waals surface area (Å²) in [4.78, 5) is 10.8. The first kappa shape index (κ1) is 6.71. The van der Waals surface area contributed by atoms with Crippen molar-refractivity contribution in [1.29, 1.82) is 0 Å². The van der Waals surface area contributed by atoms with Crippen molar-refractivity contribution in [2.24, 2.45) is 0 Å². The van der Waals surface area contributed by atoms with Gasteiger partial charge < -0.3 is 0 Å². The molecule has 0 radical (unpaired) electrons. The summed E-state index contributed by atoms with van der Waals surface area (Å²) >= 11 is 0. The van der Waals surface area contributed by atoms with Crippen molar-refractivity contribution in [3.05, 3.63) is 0 Å². The van der Waals surface area contributed by atoms with Gasteiger partial charge in [-0.15, -0.1) is 0 Å². The Morgan fingerprint density at radius 2 is 2.00 bits per heavy atom. The second-order valence-electron chi connectivity index (χ2n) is 2.49. The molecule has 9 heavy (non-hydrogen) atoms. The molecule has 0 bridgehead atoms. The van der Waals surface area contributed by atoms with E-state index >= 15 is 0 Å². The van der Waals surface area contributed by atoms with Gasteiger partial charge in [0.05, 0.1) is 6.54 Å². The topological polar surface area (TPSA) is 23.6 Å². The number of likely N-dealkylation sites (N-methyl/N-ethyl adjacent to an activating group) is 1. The van der Waals surface area contributed by atoms with E-state index in [0.717, 1.165) is 6.54 Å². The van der Waals surface area contributed by atoms with Gasteiger partial charge in [-0.2, -0.15) is 0 Å². The highest BCUT2D eigenvalue weighted by Crippen LogP contribution is 2.01. The summed E-state index contributed by atoms with van der Waals surface area (Å²) in [5.41, 5.74) is 0. The summed E-state index contributed by atoms with van der Waals surface area (Å²) in [6.45, 7) is 1.45. The van der Waals surface area contributed by atoms with Crippen molar-refractivity contribution in [2.75, 3.05) is 27.2 Å². The number of rotatable bonds is 0. The maximum absolute atomic E-state index is 10.8. The van der Waals surface area contributed by atoms with E-state index < -0.39 is 0 Å². The van der Waals surface area contributed by atoms with Crippen LogP contribution in [0.5, 0.6) is 0 Å². The second kappa shape index (κ2) is 2.45. The van der Waals surface area contributed by atoms with Crippen molar-refractivity contribution in [3.63, 3.8) is 0 Å². The molecule has 0 saturated carbocycles. The molecule has 3 nitrogen and oxygen atoms in total. The first-order valence-electron chi connectivity index (χ1n) is 3.14. The van der Waals surface area contributed by atoms with Crippen LogP contribution in [-0.2, 0) is 4.79 Å². The fraction of sp³-hybridized carbons (Fsp3) is 0.833. The highest BCUT2D eigenvalue weighted by Gasteiger charge is 2.16. The van der Waals surface area contributed by atoms with Gasteiger partial charge in [0.15, 0.2) is 0 Å². The highest BCUT2D eigenvalue weighted by molar-refractivity contribution is 5.81. The highest BCUT2D eigenvalue weighted by atomic mass is 16.1. The zero-order valence-electron chi connectivity index (χ0n) is 5.92. The summed E-state index contributed by atoms with van der Waals surface area (Å²) in [5, 5.41) is 3.99. The molecule has 3 heteroatoms. The predicted octanol–water partition coefficient (Wildman–Crippen LogP) is -0.262. The van der Waals surface area contributed by atoms with Crippen molar-refractivity contribution in [2.45, 2.75) is 6.42 Å². The summed E-state index contributed by atoms with van der Waals surface area (Å²) < 4.78 is 0. The minimum Gasteiger partial charge on any atom is -0.298 e. The van der Waals surface area contributed by atoms with Gasteiger partial charge in [0, 0.05) is 27.1 Å². The first-order chi connectivity index (χ1) is 4.20. The fourth-order valence-corrected chi connectivity index (χ4v) is 0.912. The summed E-state index contributed by atoms with van der Waals surface area (Å²) in [6.07, 6.45) is 0.709. The second-order valence-corrected chi connectivity index (χ2v) is 2.49. The molecule has 1 fully saturated rings. The molecular formula is C6H12N2O. The number of ketones is 1. The van der Waals surface area contributed by atoms with Crippen molar-refractivity contribution < 1.29 is 4.79 Å². The Morgan fingerprint density at radius 1 is 1.33 bits per heavy atom. The Hall–Kier alpha value is -0.410. The van der Waals surface area contributed by atoms with E-state index in [-0.39, 0.29) is 0 Å². The molecule has 0 N–H and O–H groups in total. The van der Waals surface area contributed by atoms with Crippen molar-refractivity contribution in [3.8, 4) is 0 Å². The number of nitrogens with zero attached hydrogens (tertiary/aromatic N) is 2. The number of carbonyl (C=O) groups excluding carboxylic acids is 1. The molecular weight excluding hydrogens is 116 g/mol. The van der Waals surface area contributed by atoms with Crippen LogP contribution < -0.4 is 0 Å². The van der Waals surface area contributed by atoms with Crippen LogP contribution in [0.4, 0.5) is 0 Å². The largest absolute Gasteiger partial charge is 0.298 e. The summed E-state index contributed by atoms with van der Waals surface area (Å²) in [6, 6.07) is 0. The van der Waals surface area contributed by atoms with Gasteiger partial charge in [0.2, 0.25) is 0 Å². The van der Waals surface area contributed by atoms with Crippen LogP contribution >= 0.6 is 0 Å². The van der Waals surface area contributed by atoms with Crippen LogP contribution in [0.2, 0.25) is 0 Å². The van der Waals surface area contributed by atoms with Crippen molar-refractivity contribution >= 4 is 5.78 Å². The molecule has 1 aliphatic heterocycles. The van der Waals surface area contributed by atoms with Gasteiger partial charge in [-0.3, -0.25) is 4.79 Å². The van der Waals surface area contributed by atoms with Gasteiger partial charge in [0.1, 0.15) is 5.78 Å². The molecule has 0 unspecified atom stereocenters. The lowest BCUT2D eigenvalue weighted by Gasteiger charge is -2.31. The number of hydrogen-bond donors (Lipinski definition) is 0. The zero-order valence-corrected chi connectivity index (χ0v) is 5.92. The summed E-state index contributed by atoms with van der Waals surface area (Å²) in [5.74, 6) is 0.343. The van der Waals surface area contributed by atoms with Gasteiger partial charge in [-0.25, -0.2) is 10.0 Å². The van der Waals surface area contributed by atoms with Gasteiger partial charge >= 0.3 is 0 Å². The lowest BCUT2D eigenvalue weighted by atomic mass is 10.2. The fourth-order valence-electron chi connectivity index (χ4n) is 0.912. The molecule has 1 rings (SSSR count). The number of Topliss-reactive ketones (excluding diaryl/α,β-unsaturated/α-hetero) is 1. The average Bonchev–Trinajstić information content (AvgIpc) is 1.80. The minimum absolute atomic E-state index is 0.343. The Kier molecular flexibility index (Phi) is 1.83. The summed E-state index contributed by atoms with van der Waals surface area (Å²) in [7, 11) is 3.92. The van der Waals surface area contributed by atoms with Crippen molar-refractivity contribution in [1.82, 2.24) is 10.0 Å². The molecule has 1 heterocycles. The van der Waals surface area contributed by atoms with E-state index in [4.69, 9.17) is 0 Å². The molecule has 0 aromatic carbocycles. The van der Waals surface area contributed by atoms with E-state index in [0.29, 0.717) is 18.7 Å². The third-order valence-corrected chi connectivity index (χ3v) is 1.70. The van der Waals surface area contributed by atoms with Crippen LogP contribution in [-0.4, -0.2) is 43.0 Å².